The zero-order chi connectivity index (χ0) is 14.4. The second kappa shape index (κ2) is 4.68. The highest BCUT2D eigenvalue weighted by atomic mass is 79.9. The Bertz CT molecular complexity index is 834. The molecule has 0 aliphatic rings. The van der Waals surface area contributed by atoms with Crippen LogP contribution in [0.2, 0.25) is 5.02 Å². The van der Waals surface area contributed by atoms with Gasteiger partial charge in [0, 0.05) is 12.3 Å². The van der Waals surface area contributed by atoms with Crippen LogP contribution in [0.4, 0.5) is 14.7 Å². The highest BCUT2D eigenvalue weighted by molar-refractivity contribution is 9.10. The molecule has 0 unspecified atom stereocenters. The normalized spacial score (nSPS) is 11.2. The van der Waals surface area contributed by atoms with Gasteiger partial charge in [-0.15, -0.1) is 0 Å². The minimum atomic E-state index is -0.770. The molecule has 2 heterocycles. The van der Waals surface area contributed by atoms with Crippen LogP contribution < -0.4 is 5.73 Å². The summed E-state index contributed by atoms with van der Waals surface area (Å²) in [5, 5.41) is 0.392. The first-order valence-corrected chi connectivity index (χ1v) is 6.59. The van der Waals surface area contributed by atoms with Crippen molar-refractivity contribution < 1.29 is 8.78 Å². The summed E-state index contributed by atoms with van der Waals surface area (Å²) in [5.41, 5.74) is 6.60. The molecule has 102 valence electrons. The van der Waals surface area contributed by atoms with Crippen molar-refractivity contribution in [1.29, 1.82) is 0 Å². The Morgan fingerprint density at radius 2 is 1.95 bits per heavy atom. The topological polar surface area (TPSA) is 56.7 Å². The molecule has 2 aromatic heterocycles. The largest absolute Gasteiger partial charge is 0.369 e. The van der Waals surface area contributed by atoms with E-state index in [9.17, 15) is 8.78 Å². The molecule has 0 aliphatic carbocycles. The van der Waals surface area contributed by atoms with Gasteiger partial charge in [0.05, 0.1) is 15.2 Å². The number of nitrogens with zero attached hydrogens (tertiary/aromatic N) is 3. The molecule has 0 radical (unpaired) electrons. The molecular weight excluding hydrogens is 354 g/mol. The number of hydrogen-bond acceptors (Lipinski definition) is 3. The molecule has 0 bridgehead atoms. The number of nitrogens with two attached hydrogens (primary N) is 1. The molecular formula is C12H6BrClF2N4. The van der Waals surface area contributed by atoms with Crippen molar-refractivity contribution in [2.75, 3.05) is 5.73 Å². The maximum atomic E-state index is 14.0. The fourth-order valence-electron chi connectivity index (χ4n) is 1.88. The smallest absolute Gasteiger partial charge is 0.207 e. The van der Waals surface area contributed by atoms with E-state index in [1.54, 1.807) is 6.07 Å². The Kier molecular flexibility index (Phi) is 3.10. The van der Waals surface area contributed by atoms with Crippen LogP contribution in [0.3, 0.4) is 0 Å². The van der Waals surface area contributed by atoms with Crippen LogP contribution in [-0.4, -0.2) is 14.5 Å². The third-order valence-electron chi connectivity index (χ3n) is 2.72. The highest BCUT2D eigenvalue weighted by Crippen LogP contribution is 2.28. The molecule has 0 aliphatic heterocycles. The third-order valence-corrected chi connectivity index (χ3v) is 3.53. The van der Waals surface area contributed by atoms with Gasteiger partial charge in [-0.1, -0.05) is 11.6 Å². The van der Waals surface area contributed by atoms with Crippen molar-refractivity contribution in [2.45, 2.75) is 0 Å². The number of imidazole rings is 1. The number of aromatic nitrogens is 3. The van der Waals surface area contributed by atoms with E-state index in [0.29, 0.717) is 16.2 Å². The van der Waals surface area contributed by atoms with Crippen LogP contribution in [0.5, 0.6) is 0 Å². The summed E-state index contributed by atoms with van der Waals surface area (Å²) in [6.07, 6.45) is 1.40. The number of pyridine rings is 1. The molecule has 1 aromatic carbocycles. The van der Waals surface area contributed by atoms with Gasteiger partial charge in [-0.25, -0.2) is 18.7 Å². The van der Waals surface area contributed by atoms with Crippen molar-refractivity contribution in [3.8, 4) is 5.69 Å². The number of anilines is 1. The second-order valence-electron chi connectivity index (χ2n) is 4.02. The maximum absolute atomic E-state index is 14.0. The van der Waals surface area contributed by atoms with Crippen LogP contribution in [0.15, 0.2) is 28.9 Å². The molecule has 0 fully saturated rings. The average Bonchev–Trinajstić information content (AvgIpc) is 2.69. The second-order valence-corrected chi connectivity index (χ2v) is 5.31. The Morgan fingerprint density at radius 3 is 2.70 bits per heavy atom. The number of rotatable bonds is 1. The number of nitrogen functional groups attached to an aromatic ring is 1. The molecule has 0 amide bonds. The van der Waals surface area contributed by atoms with E-state index in [4.69, 9.17) is 17.3 Å². The quantitative estimate of drug-likeness (QED) is 0.674. The number of fused-ring (bicyclic) bond motifs is 1. The zero-order valence-corrected chi connectivity index (χ0v) is 12.1. The summed E-state index contributed by atoms with van der Waals surface area (Å²) in [7, 11) is 0. The van der Waals surface area contributed by atoms with Crippen molar-refractivity contribution in [3.05, 3.63) is 45.5 Å². The molecule has 8 heteroatoms. The molecule has 0 saturated heterocycles. The zero-order valence-electron chi connectivity index (χ0n) is 9.74. The summed E-state index contributed by atoms with van der Waals surface area (Å²) in [6.45, 7) is 0. The van der Waals surface area contributed by atoms with E-state index in [2.05, 4.69) is 25.9 Å². The molecule has 3 rings (SSSR count). The van der Waals surface area contributed by atoms with Gasteiger partial charge < -0.3 is 5.73 Å². The molecule has 0 spiro atoms. The summed E-state index contributed by atoms with van der Waals surface area (Å²) >= 11 is 8.83. The van der Waals surface area contributed by atoms with Gasteiger partial charge in [0.25, 0.3) is 0 Å². The first-order chi connectivity index (χ1) is 9.47. The number of hydrogen-bond donors (Lipinski definition) is 1. The monoisotopic (exact) mass is 358 g/mol. The summed E-state index contributed by atoms with van der Waals surface area (Å²) in [5.74, 6) is -1.44. The highest BCUT2D eigenvalue weighted by Gasteiger charge is 2.17. The summed E-state index contributed by atoms with van der Waals surface area (Å²) in [4.78, 5) is 8.15. The van der Waals surface area contributed by atoms with Crippen molar-refractivity contribution in [1.82, 2.24) is 14.5 Å². The third kappa shape index (κ3) is 2.03. The SMILES string of the molecule is Nc1nc2cc(Cl)cnc2n1-c1cc(Br)c(F)cc1F. The Labute approximate surface area is 125 Å². The van der Waals surface area contributed by atoms with Gasteiger partial charge in [-0.2, -0.15) is 0 Å². The van der Waals surface area contributed by atoms with Crippen LogP contribution in [0.1, 0.15) is 0 Å². The lowest BCUT2D eigenvalue weighted by Crippen LogP contribution is -2.04. The standard InChI is InChI=1S/C12H6BrClF2N4/c13-6-2-10(8(16)3-7(6)15)20-11-9(19-12(20)17)1-5(14)4-18-11/h1-4H,(H2,17,19). The molecule has 0 atom stereocenters. The van der Waals surface area contributed by atoms with Crippen LogP contribution >= 0.6 is 27.5 Å². The number of benzene rings is 1. The van der Waals surface area contributed by atoms with Crippen molar-refractivity contribution in [2.24, 2.45) is 0 Å². The summed E-state index contributed by atoms with van der Waals surface area (Å²) < 4.78 is 28.7. The van der Waals surface area contributed by atoms with Crippen LogP contribution in [0, 0.1) is 11.6 Å². The lowest BCUT2D eigenvalue weighted by molar-refractivity contribution is 0.574. The number of halogens is 4. The van der Waals surface area contributed by atoms with Crippen molar-refractivity contribution in [3.63, 3.8) is 0 Å². The molecule has 20 heavy (non-hydrogen) atoms. The van der Waals surface area contributed by atoms with Gasteiger partial charge in [0.1, 0.15) is 17.2 Å². The lowest BCUT2D eigenvalue weighted by atomic mass is 10.3. The minimum Gasteiger partial charge on any atom is -0.369 e. The van der Waals surface area contributed by atoms with Gasteiger partial charge in [0.15, 0.2) is 5.65 Å². The van der Waals surface area contributed by atoms with Crippen molar-refractivity contribution >= 4 is 44.6 Å². The fourth-order valence-corrected chi connectivity index (χ4v) is 2.36. The van der Waals surface area contributed by atoms with E-state index in [-0.39, 0.29) is 16.1 Å². The minimum absolute atomic E-state index is 0.0344. The molecule has 4 nitrogen and oxygen atoms in total. The van der Waals surface area contributed by atoms with Gasteiger partial charge in [-0.3, -0.25) is 4.57 Å². The van der Waals surface area contributed by atoms with Crippen LogP contribution in [-0.2, 0) is 0 Å². The Morgan fingerprint density at radius 1 is 1.20 bits per heavy atom. The predicted molar refractivity (Wildman–Crippen MR) is 75.9 cm³/mol. The van der Waals surface area contributed by atoms with Gasteiger partial charge in [-0.05, 0) is 28.1 Å². The van der Waals surface area contributed by atoms with Gasteiger partial charge >= 0.3 is 0 Å². The Balaban J connectivity index is 2.35. The average molecular weight is 360 g/mol. The maximum Gasteiger partial charge on any atom is 0.207 e. The van der Waals surface area contributed by atoms with E-state index in [0.717, 1.165) is 6.07 Å². The Hall–Kier alpha value is -1.73. The predicted octanol–water partition coefficient (Wildman–Crippen LogP) is 3.70. The van der Waals surface area contributed by atoms with E-state index in [1.165, 1.54) is 16.8 Å². The first kappa shape index (κ1) is 13.3. The van der Waals surface area contributed by atoms with Gasteiger partial charge in [0.2, 0.25) is 5.95 Å². The summed E-state index contributed by atoms with van der Waals surface area (Å²) in [6, 6.07) is 3.60. The molecule has 2 N–H and O–H groups in total. The van der Waals surface area contributed by atoms with Crippen LogP contribution in [0.25, 0.3) is 16.9 Å². The van der Waals surface area contributed by atoms with E-state index >= 15 is 0 Å². The van der Waals surface area contributed by atoms with E-state index < -0.39 is 11.6 Å². The lowest BCUT2D eigenvalue weighted by Gasteiger charge is -2.08. The fraction of sp³-hybridized carbons (Fsp3) is 0. The molecule has 0 saturated carbocycles. The van der Waals surface area contributed by atoms with E-state index in [1.807, 2.05) is 0 Å². The molecule has 3 aromatic rings. The first-order valence-electron chi connectivity index (χ1n) is 5.42.